The highest BCUT2D eigenvalue weighted by atomic mass is 16.3. The average Bonchev–Trinajstić information content (AvgIpc) is 2.67. The first-order valence-corrected chi connectivity index (χ1v) is 4.89. The van der Waals surface area contributed by atoms with Crippen molar-refractivity contribution in [2.75, 3.05) is 0 Å². The zero-order valence-corrected chi connectivity index (χ0v) is 7.51. The second-order valence-corrected chi connectivity index (χ2v) is 4.54. The molecule has 0 radical (unpaired) electrons. The van der Waals surface area contributed by atoms with Crippen LogP contribution in [0.5, 0.6) is 0 Å². The van der Waals surface area contributed by atoms with Crippen LogP contribution in [0.3, 0.4) is 0 Å². The topological polar surface area (TPSA) is 92.4 Å². The highest BCUT2D eigenvalue weighted by molar-refractivity contribution is 5.91. The van der Waals surface area contributed by atoms with Crippen molar-refractivity contribution >= 4 is 11.8 Å². The monoisotopic (exact) mass is 196 g/mol. The van der Waals surface area contributed by atoms with E-state index in [0.717, 1.165) is 6.42 Å². The van der Waals surface area contributed by atoms with Crippen LogP contribution in [0.15, 0.2) is 0 Å². The lowest BCUT2D eigenvalue weighted by Gasteiger charge is -2.27. The fourth-order valence-electron chi connectivity index (χ4n) is 3.58. The van der Waals surface area contributed by atoms with Crippen LogP contribution in [0.2, 0.25) is 0 Å². The van der Waals surface area contributed by atoms with Crippen LogP contribution < -0.4 is 11.1 Å². The van der Waals surface area contributed by atoms with E-state index >= 15 is 0 Å². The molecule has 2 amide bonds. The maximum atomic E-state index is 11.5. The Morgan fingerprint density at radius 3 is 2.86 bits per heavy atom. The quantitative estimate of drug-likeness (QED) is 0.462. The Morgan fingerprint density at radius 2 is 2.21 bits per heavy atom. The van der Waals surface area contributed by atoms with Crippen LogP contribution >= 0.6 is 0 Å². The fourth-order valence-corrected chi connectivity index (χ4v) is 3.58. The summed E-state index contributed by atoms with van der Waals surface area (Å²) in [7, 11) is 0. The SMILES string of the molecule is NC(=O)[C@@H]1[C@H]2C[C@H]3[C@@H](NC(=O)[C@@H]31)[C@H]2O. The Balaban J connectivity index is 2.04. The van der Waals surface area contributed by atoms with E-state index in [0.29, 0.717) is 0 Å². The highest BCUT2D eigenvalue weighted by Gasteiger charge is 2.65. The van der Waals surface area contributed by atoms with Crippen molar-refractivity contribution in [3.8, 4) is 0 Å². The molecule has 6 atom stereocenters. The number of hydrogen-bond donors (Lipinski definition) is 3. The van der Waals surface area contributed by atoms with Crippen LogP contribution in [0.25, 0.3) is 0 Å². The molecule has 1 saturated heterocycles. The molecule has 1 aliphatic heterocycles. The number of primary amides is 1. The lowest BCUT2D eigenvalue weighted by atomic mass is 9.78. The first kappa shape index (κ1) is 8.23. The molecule has 3 rings (SSSR count). The minimum Gasteiger partial charge on any atom is -0.391 e. The van der Waals surface area contributed by atoms with Crippen molar-refractivity contribution in [2.45, 2.75) is 18.6 Å². The van der Waals surface area contributed by atoms with Gasteiger partial charge in [-0.1, -0.05) is 0 Å². The first-order chi connectivity index (χ1) is 6.61. The second-order valence-electron chi connectivity index (χ2n) is 4.54. The smallest absolute Gasteiger partial charge is 0.224 e. The van der Waals surface area contributed by atoms with Crippen molar-refractivity contribution in [1.29, 1.82) is 0 Å². The molecular formula is C9H12N2O3. The van der Waals surface area contributed by atoms with E-state index in [1.807, 2.05) is 0 Å². The highest BCUT2D eigenvalue weighted by Crippen LogP contribution is 2.55. The predicted molar refractivity (Wildman–Crippen MR) is 45.7 cm³/mol. The van der Waals surface area contributed by atoms with Crippen LogP contribution in [0, 0.1) is 23.7 Å². The maximum Gasteiger partial charge on any atom is 0.224 e. The molecular weight excluding hydrogens is 184 g/mol. The number of amides is 2. The Bertz CT molecular complexity index is 330. The summed E-state index contributed by atoms with van der Waals surface area (Å²) in [4.78, 5) is 22.7. The molecule has 5 heteroatoms. The number of nitrogens with one attached hydrogen (secondary N) is 1. The Morgan fingerprint density at radius 1 is 1.50 bits per heavy atom. The van der Waals surface area contributed by atoms with Crippen LogP contribution in [-0.2, 0) is 9.59 Å². The van der Waals surface area contributed by atoms with E-state index in [-0.39, 0.29) is 29.7 Å². The summed E-state index contributed by atoms with van der Waals surface area (Å²) in [5, 5.41) is 12.6. The molecule has 5 nitrogen and oxygen atoms in total. The Kier molecular flexibility index (Phi) is 1.34. The van der Waals surface area contributed by atoms with Gasteiger partial charge in [-0.05, 0) is 18.3 Å². The third-order valence-electron chi connectivity index (χ3n) is 4.06. The summed E-state index contributed by atoms with van der Waals surface area (Å²) in [5.41, 5.74) is 5.26. The van der Waals surface area contributed by atoms with E-state index in [2.05, 4.69) is 5.32 Å². The minimum absolute atomic E-state index is 0.105. The molecule has 0 aromatic rings. The van der Waals surface area contributed by atoms with E-state index in [1.54, 1.807) is 0 Å². The van der Waals surface area contributed by atoms with E-state index in [9.17, 15) is 14.7 Å². The van der Waals surface area contributed by atoms with Gasteiger partial charge in [0.05, 0.1) is 24.0 Å². The third kappa shape index (κ3) is 0.706. The van der Waals surface area contributed by atoms with Crippen LogP contribution in [-0.4, -0.2) is 29.1 Å². The van der Waals surface area contributed by atoms with Gasteiger partial charge in [0.1, 0.15) is 0 Å². The van der Waals surface area contributed by atoms with Gasteiger partial charge in [-0.25, -0.2) is 0 Å². The van der Waals surface area contributed by atoms with Crippen LogP contribution in [0.4, 0.5) is 0 Å². The zero-order valence-electron chi connectivity index (χ0n) is 7.51. The van der Waals surface area contributed by atoms with E-state index in [4.69, 9.17) is 5.73 Å². The number of nitrogens with two attached hydrogens (primary N) is 1. The normalized spacial score (nSPS) is 53.6. The van der Waals surface area contributed by atoms with Gasteiger partial charge in [-0.2, -0.15) is 0 Å². The number of rotatable bonds is 1. The first-order valence-electron chi connectivity index (χ1n) is 4.89. The van der Waals surface area contributed by atoms with Crippen molar-refractivity contribution in [3.05, 3.63) is 0 Å². The molecule has 2 bridgehead atoms. The van der Waals surface area contributed by atoms with Gasteiger partial charge in [-0.3, -0.25) is 9.59 Å². The van der Waals surface area contributed by atoms with Gasteiger partial charge in [0.15, 0.2) is 0 Å². The largest absolute Gasteiger partial charge is 0.391 e. The summed E-state index contributed by atoms with van der Waals surface area (Å²) in [6, 6.07) is -0.131. The van der Waals surface area contributed by atoms with Gasteiger partial charge < -0.3 is 16.2 Å². The number of carbonyl (C=O) groups is 2. The minimum atomic E-state index is -0.583. The summed E-state index contributed by atoms with van der Waals surface area (Å²) in [6.45, 7) is 0. The van der Waals surface area contributed by atoms with Crippen molar-refractivity contribution in [2.24, 2.45) is 29.4 Å². The van der Waals surface area contributed by atoms with Gasteiger partial charge >= 0.3 is 0 Å². The maximum absolute atomic E-state index is 11.5. The van der Waals surface area contributed by atoms with Gasteiger partial charge in [-0.15, -0.1) is 0 Å². The average molecular weight is 196 g/mol. The molecule has 76 valence electrons. The number of aliphatic hydroxyl groups is 1. The van der Waals surface area contributed by atoms with Crippen LogP contribution in [0.1, 0.15) is 6.42 Å². The molecule has 3 aliphatic rings. The number of aliphatic hydroxyl groups excluding tert-OH is 1. The molecule has 3 fully saturated rings. The van der Waals surface area contributed by atoms with Gasteiger partial charge in [0.2, 0.25) is 11.8 Å². The van der Waals surface area contributed by atoms with Crippen molar-refractivity contribution < 1.29 is 14.7 Å². The number of hydrogen-bond acceptors (Lipinski definition) is 3. The molecule has 0 aromatic heterocycles. The number of fused-ring (bicyclic) bond motifs is 1. The second kappa shape index (κ2) is 2.28. The summed E-state index contributed by atoms with van der Waals surface area (Å²) >= 11 is 0. The fraction of sp³-hybridized carbons (Fsp3) is 0.778. The van der Waals surface area contributed by atoms with E-state index in [1.165, 1.54) is 0 Å². The Labute approximate surface area is 80.6 Å². The third-order valence-corrected chi connectivity index (χ3v) is 4.06. The zero-order chi connectivity index (χ0) is 10.0. The molecule has 0 spiro atoms. The lowest BCUT2D eigenvalue weighted by molar-refractivity contribution is -0.132. The summed E-state index contributed by atoms with van der Waals surface area (Å²) in [5.74, 6) is -1.26. The molecule has 14 heavy (non-hydrogen) atoms. The standard InChI is InChI=1S/C9H12N2O3/c10-8(13)4-3-1-2-5(4)9(14)11-6(2)7(3)12/h2-7,12H,1H2,(H2,10,13)(H,11,14)/t2-,3-,4-,5+,6-,7+/m1/s1. The van der Waals surface area contributed by atoms with Crippen molar-refractivity contribution in [3.63, 3.8) is 0 Å². The summed E-state index contributed by atoms with van der Waals surface area (Å²) in [6.07, 6.45) is 0.170. The Hall–Kier alpha value is -1.10. The molecule has 4 N–H and O–H groups in total. The molecule has 2 saturated carbocycles. The van der Waals surface area contributed by atoms with Gasteiger partial charge in [0.25, 0.3) is 0 Å². The van der Waals surface area contributed by atoms with E-state index < -0.39 is 17.9 Å². The van der Waals surface area contributed by atoms with Gasteiger partial charge in [0, 0.05) is 0 Å². The summed E-state index contributed by atoms with van der Waals surface area (Å²) < 4.78 is 0. The molecule has 2 aliphatic carbocycles. The molecule has 0 aromatic carbocycles. The van der Waals surface area contributed by atoms with Crippen molar-refractivity contribution in [1.82, 2.24) is 5.32 Å². The lowest BCUT2D eigenvalue weighted by Crippen LogP contribution is -2.44. The predicted octanol–water partition coefficient (Wildman–Crippen LogP) is -1.79. The molecule has 0 unspecified atom stereocenters. The molecule has 1 heterocycles. The number of carbonyl (C=O) groups excluding carboxylic acids is 2.